The molecule has 0 radical (unpaired) electrons. The van der Waals surface area contributed by atoms with Crippen molar-refractivity contribution in [2.45, 2.75) is 69.6 Å². The zero-order valence-corrected chi connectivity index (χ0v) is 26.8. The van der Waals surface area contributed by atoms with Crippen LogP contribution in [0.25, 0.3) is 0 Å². The molecule has 0 aliphatic heterocycles. The molecular formula is C36H43ClFNO5. The van der Waals surface area contributed by atoms with Crippen LogP contribution in [0.1, 0.15) is 61.3 Å². The lowest BCUT2D eigenvalue weighted by Gasteiger charge is -2.48. The van der Waals surface area contributed by atoms with Crippen LogP contribution in [0.15, 0.2) is 60.7 Å². The van der Waals surface area contributed by atoms with Crippen LogP contribution >= 0.6 is 11.6 Å². The van der Waals surface area contributed by atoms with E-state index in [4.69, 9.17) is 30.5 Å². The van der Waals surface area contributed by atoms with Crippen LogP contribution < -0.4 is 10.1 Å². The Labute approximate surface area is 265 Å². The fourth-order valence-corrected chi connectivity index (χ4v) is 7.61. The van der Waals surface area contributed by atoms with Gasteiger partial charge in [0, 0.05) is 30.0 Å². The fraction of sp³-hybridized carbons (Fsp3) is 0.472. The highest BCUT2D eigenvalue weighted by Gasteiger charge is 2.54. The van der Waals surface area contributed by atoms with Crippen LogP contribution in [0.2, 0.25) is 5.02 Å². The quantitative estimate of drug-likeness (QED) is 0.207. The SMILES string of the molecule is COCc1cc2c(cc1F)CC(C[C@@H](C)COCc1ccc(OC)cc1)C21CCC(Nc2cccc(Cl)c2)(C(=O)OC)CC1. The second-order valence-electron chi connectivity index (χ2n) is 12.5. The predicted molar refractivity (Wildman–Crippen MR) is 171 cm³/mol. The fourth-order valence-electron chi connectivity index (χ4n) is 7.42. The number of anilines is 1. The summed E-state index contributed by atoms with van der Waals surface area (Å²) in [6, 6.07) is 19.1. The number of methoxy groups -OCH3 is 3. The Morgan fingerprint density at radius 1 is 1.02 bits per heavy atom. The maximum absolute atomic E-state index is 15.1. The van der Waals surface area contributed by atoms with Crippen molar-refractivity contribution in [3.63, 3.8) is 0 Å². The Kier molecular flexibility index (Phi) is 10.2. The highest BCUT2D eigenvalue weighted by Crippen LogP contribution is 2.56. The van der Waals surface area contributed by atoms with Crippen LogP contribution in [0.5, 0.6) is 5.75 Å². The summed E-state index contributed by atoms with van der Waals surface area (Å²) in [5, 5.41) is 4.10. The number of ether oxygens (including phenoxy) is 4. The highest BCUT2D eigenvalue weighted by molar-refractivity contribution is 6.30. The van der Waals surface area contributed by atoms with E-state index < -0.39 is 5.54 Å². The van der Waals surface area contributed by atoms with Gasteiger partial charge in [0.25, 0.3) is 0 Å². The van der Waals surface area contributed by atoms with Crippen molar-refractivity contribution >= 4 is 23.3 Å². The molecule has 1 unspecified atom stereocenters. The number of hydrogen-bond acceptors (Lipinski definition) is 6. The lowest BCUT2D eigenvalue weighted by molar-refractivity contribution is -0.148. The molecule has 44 heavy (non-hydrogen) atoms. The molecule has 1 N–H and O–H groups in total. The van der Waals surface area contributed by atoms with Crippen molar-refractivity contribution in [3.8, 4) is 5.75 Å². The second-order valence-corrected chi connectivity index (χ2v) is 12.9. The Morgan fingerprint density at radius 3 is 2.43 bits per heavy atom. The molecule has 1 fully saturated rings. The molecule has 8 heteroatoms. The number of halogens is 2. The molecule has 6 nitrogen and oxygen atoms in total. The minimum Gasteiger partial charge on any atom is -0.497 e. The lowest BCUT2D eigenvalue weighted by atomic mass is 9.59. The minimum absolute atomic E-state index is 0.191. The van der Waals surface area contributed by atoms with Gasteiger partial charge in [-0.25, -0.2) is 9.18 Å². The van der Waals surface area contributed by atoms with E-state index in [0.717, 1.165) is 48.2 Å². The van der Waals surface area contributed by atoms with E-state index in [1.54, 1.807) is 20.3 Å². The largest absolute Gasteiger partial charge is 0.497 e. The third-order valence-corrected chi connectivity index (χ3v) is 9.89. The van der Waals surface area contributed by atoms with Gasteiger partial charge in [-0.3, -0.25) is 0 Å². The smallest absolute Gasteiger partial charge is 0.331 e. The number of benzene rings is 3. The van der Waals surface area contributed by atoms with E-state index in [1.165, 1.54) is 12.7 Å². The molecule has 2 atom stereocenters. The maximum Gasteiger partial charge on any atom is 0.331 e. The van der Waals surface area contributed by atoms with Crippen LogP contribution in [0.3, 0.4) is 0 Å². The number of carbonyl (C=O) groups excluding carboxylic acids is 1. The second kappa shape index (κ2) is 13.9. The normalized spacial score (nSPS) is 23.3. The average Bonchev–Trinajstić information content (AvgIpc) is 3.29. The standard InChI is InChI=1S/C36H43ClFNO5/c1-24(21-44-22-25-8-10-31(42-3)11-9-25)16-28-17-26-19-33(38)27(23-41-2)18-32(26)35(28)12-14-36(15-13-35,34(40)43-4)39-30-7-5-6-29(37)20-30/h5-11,18-20,24,28,39H,12-17,21-23H2,1-4H3/t24-,28?,35?,36?/m1/s1. The van der Waals surface area contributed by atoms with Gasteiger partial charge in [-0.2, -0.15) is 0 Å². The summed E-state index contributed by atoms with van der Waals surface area (Å²) >= 11 is 6.27. The Morgan fingerprint density at radius 2 is 1.77 bits per heavy atom. The van der Waals surface area contributed by atoms with Crippen molar-refractivity contribution in [2.75, 3.05) is 33.3 Å². The number of hydrogen-bond donors (Lipinski definition) is 1. The first-order valence-corrected chi connectivity index (χ1v) is 15.7. The van der Waals surface area contributed by atoms with Crippen molar-refractivity contribution in [1.82, 2.24) is 0 Å². The van der Waals surface area contributed by atoms with Gasteiger partial charge in [0.1, 0.15) is 17.1 Å². The van der Waals surface area contributed by atoms with Crippen molar-refractivity contribution in [1.29, 1.82) is 0 Å². The summed E-state index contributed by atoms with van der Waals surface area (Å²) in [5.41, 5.74) is 3.65. The van der Waals surface area contributed by atoms with Crippen molar-refractivity contribution in [2.24, 2.45) is 11.8 Å². The molecule has 236 valence electrons. The van der Waals surface area contributed by atoms with Gasteiger partial charge >= 0.3 is 5.97 Å². The molecule has 1 spiro atoms. The summed E-state index contributed by atoms with van der Waals surface area (Å²) in [7, 11) is 4.69. The lowest BCUT2D eigenvalue weighted by Crippen LogP contribution is -2.53. The molecule has 0 saturated heterocycles. The molecule has 5 rings (SSSR count). The van der Waals surface area contributed by atoms with Gasteiger partial charge < -0.3 is 24.3 Å². The van der Waals surface area contributed by atoms with E-state index in [0.29, 0.717) is 42.6 Å². The summed E-state index contributed by atoms with van der Waals surface area (Å²) in [5.74, 6) is 0.909. The minimum atomic E-state index is -0.875. The Hall–Kier alpha value is -3.13. The molecule has 3 aromatic carbocycles. The third-order valence-electron chi connectivity index (χ3n) is 9.65. The molecule has 2 aliphatic rings. The van der Waals surface area contributed by atoms with E-state index in [9.17, 15) is 4.79 Å². The van der Waals surface area contributed by atoms with E-state index in [-0.39, 0.29) is 29.7 Å². The van der Waals surface area contributed by atoms with Crippen molar-refractivity contribution in [3.05, 3.63) is 93.8 Å². The van der Waals surface area contributed by atoms with Gasteiger partial charge in [0.15, 0.2) is 0 Å². The zero-order valence-electron chi connectivity index (χ0n) is 26.1. The number of nitrogens with one attached hydrogen (secondary N) is 1. The molecule has 1 saturated carbocycles. The molecule has 0 aromatic heterocycles. The van der Waals surface area contributed by atoms with E-state index >= 15 is 4.39 Å². The highest BCUT2D eigenvalue weighted by atomic mass is 35.5. The van der Waals surface area contributed by atoms with Crippen LogP contribution in [0, 0.1) is 17.7 Å². The van der Waals surface area contributed by atoms with Gasteiger partial charge in [0.05, 0.1) is 27.4 Å². The summed E-state index contributed by atoms with van der Waals surface area (Å²) in [6.45, 7) is 3.61. The number of esters is 1. The molecule has 0 heterocycles. The first-order valence-electron chi connectivity index (χ1n) is 15.4. The van der Waals surface area contributed by atoms with Crippen LogP contribution in [-0.2, 0) is 44.1 Å². The van der Waals surface area contributed by atoms with E-state index in [2.05, 4.69) is 12.2 Å². The van der Waals surface area contributed by atoms with Crippen LogP contribution in [0.4, 0.5) is 10.1 Å². The molecule has 3 aromatic rings. The first kappa shape index (κ1) is 32.3. The molecular weight excluding hydrogens is 581 g/mol. The Balaban J connectivity index is 1.37. The Bertz CT molecular complexity index is 1440. The summed E-state index contributed by atoms with van der Waals surface area (Å²) < 4.78 is 37.2. The van der Waals surface area contributed by atoms with Crippen molar-refractivity contribution < 1.29 is 28.1 Å². The van der Waals surface area contributed by atoms with Gasteiger partial charge in [-0.1, -0.05) is 36.7 Å². The third kappa shape index (κ3) is 6.75. The summed E-state index contributed by atoms with van der Waals surface area (Å²) in [6.07, 6.45) is 4.44. The summed E-state index contributed by atoms with van der Waals surface area (Å²) in [4.78, 5) is 13.3. The molecule has 2 aliphatic carbocycles. The number of carbonyl (C=O) groups is 1. The molecule has 0 amide bonds. The van der Waals surface area contributed by atoms with Gasteiger partial charge in [-0.05, 0) is 115 Å². The monoisotopic (exact) mass is 623 g/mol. The number of rotatable bonds is 12. The van der Waals surface area contributed by atoms with Gasteiger partial charge in [0.2, 0.25) is 0 Å². The van der Waals surface area contributed by atoms with E-state index in [1.807, 2.05) is 54.6 Å². The topological polar surface area (TPSA) is 66.0 Å². The zero-order chi connectivity index (χ0) is 31.3. The average molecular weight is 624 g/mol. The van der Waals surface area contributed by atoms with Gasteiger partial charge in [-0.15, -0.1) is 0 Å². The van der Waals surface area contributed by atoms with Crippen LogP contribution in [-0.4, -0.2) is 39.4 Å². The maximum atomic E-state index is 15.1. The molecule has 0 bridgehead atoms. The number of fused-ring (bicyclic) bond motifs is 2. The first-order chi connectivity index (χ1) is 21.2. The predicted octanol–water partition coefficient (Wildman–Crippen LogP) is 7.89.